The van der Waals surface area contributed by atoms with Crippen LogP contribution in [0.1, 0.15) is 44.4 Å². The summed E-state index contributed by atoms with van der Waals surface area (Å²) in [5, 5.41) is 2.68. The largest absolute Gasteiger partial charge is 0.363 e. The minimum atomic E-state index is -0.776. The molecule has 6 nitrogen and oxygen atoms in total. The normalized spacial score (nSPS) is 18.9. The molecule has 0 bridgehead atoms. The summed E-state index contributed by atoms with van der Waals surface area (Å²) in [5.41, 5.74) is 4.68. The van der Waals surface area contributed by atoms with Crippen LogP contribution in [0.2, 0.25) is 5.02 Å². The highest BCUT2D eigenvalue weighted by molar-refractivity contribution is 6.40. The van der Waals surface area contributed by atoms with Gasteiger partial charge in [0, 0.05) is 22.8 Å². The van der Waals surface area contributed by atoms with E-state index in [-0.39, 0.29) is 11.1 Å². The molecule has 0 unspecified atom stereocenters. The summed E-state index contributed by atoms with van der Waals surface area (Å²) >= 11 is 6.62. The molecule has 33 heavy (non-hydrogen) atoms. The van der Waals surface area contributed by atoms with Gasteiger partial charge in [-0.2, -0.15) is 0 Å². The van der Waals surface area contributed by atoms with Gasteiger partial charge in [-0.3, -0.25) is 14.9 Å². The highest BCUT2D eigenvalue weighted by Crippen LogP contribution is 2.41. The molecule has 2 aliphatic heterocycles. The van der Waals surface area contributed by atoms with Crippen LogP contribution in [0.4, 0.5) is 16.2 Å². The van der Waals surface area contributed by atoms with Crippen LogP contribution >= 0.6 is 11.6 Å². The number of carbonyl (C=O) groups excluding carboxylic acids is 3. The predicted molar refractivity (Wildman–Crippen MR) is 132 cm³/mol. The predicted octanol–water partition coefficient (Wildman–Crippen LogP) is 5.34. The molecule has 0 spiro atoms. The zero-order chi connectivity index (χ0) is 24.1. The first-order valence-corrected chi connectivity index (χ1v) is 11.2. The number of anilines is 2. The number of allylic oxidation sites excluding steroid dienone is 1. The maximum atomic E-state index is 13.2. The van der Waals surface area contributed by atoms with Crippen LogP contribution in [0.25, 0.3) is 11.6 Å². The van der Waals surface area contributed by atoms with Crippen molar-refractivity contribution in [3.8, 4) is 0 Å². The lowest BCUT2D eigenvalue weighted by atomic mass is 9.87. The third-order valence-electron chi connectivity index (χ3n) is 6.11. The Kier molecular flexibility index (Phi) is 5.66. The van der Waals surface area contributed by atoms with Crippen molar-refractivity contribution in [2.24, 2.45) is 0 Å². The number of carbonyl (C=O) groups is 3. The van der Waals surface area contributed by atoms with E-state index in [4.69, 9.17) is 11.6 Å². The maximum Gasteiger partial charge on any atom is 0.335 e. The van der Waals surface area contributed by atoms with Crippen molar-refractivity contribution >= 4 is 52.5 Å². The minimum absolute atomic E-state index is 0.151. The average Bonchev–Trinajstić information content (AvgIpc) is 2.72. The third kappa shape index (κ3) is 3.95. The molecule has 0 radical (unpaired) electrons. The van der Waals surface area contributed by atoms with Crippen molar-refractivity contribution in [2.45, 2.75) is 40.2 Å². The number of hydrogen-bond donors (Lipinski definition) is 1. The number of imide groups is 2. The lowest BCUT2D eigenvalue weighted by Crippen LogP contribution is -2.54. The Bertz CT molecular complexity index is 1240. The Morgan fingerprint density at radius 1 is 1.06 bits per heavy atom. The van der Waals surface area contributed by atoms with Gasteiger partial charge in [-0.25, -0.2) is 9.69 Å². The Balaban J connectivity index is 1.79. The van der Waals surface area contributed by atoms with E-state index in [1.807, 2.05) is 26.0 Å². The summed E-state index contributed by atoms with van der Waals surface area (Å²) in [6.45, 7) is 11.1. The second-order valence-corrected chi connectivity index (χ2v) is 9.32. The molecule has 1 N–H and O–H groups in total. The molecule has 2 aliphatic rings. The molecule has 7 heteroatoms. The third-order valence-corrected chi connectivity index (χ3v) is 6.43. The van der Waals surface area contributed by atoms with Gasteiger partial charge in [-0.05, 0) is 76.1 Å². The Hall–Kier alpha value is -3.38. The van der Waals surface area contributed by atoms with Crippen molar-refractivity contribution in [1.82, 2.24) is 5.32 Å². The molecule has 1 fully saturated rings. The van der Waals surface area contributed by atoms with Crippen molar-refractivity contribution < 1.29 is 14.4 Å². The number of halogens is 1. The fourth-order valence-corrected chi connectivity index (χ4v) is 4.76. The Morgan fingerprint density at radius 2 is 1.73 bits per heavy atom. The van der Waals surface area contributed by atoms with Crippen molar-refractivity contribution in [1.29, 1.82) is 0 Å². The number of fused-ring (bicyclic) bond motifs is 1. The van der Waals surface area contributed by atoms with Crippen LogP contribution in [0.3, 0.4) is 0 Å². The van der Waals surface area contributed by atoms with E-state index in [0.29, 0.717) is 16.3 Å². The quantitative estimate of drug-likeness (QED) is 0.493. The average molecular weight is 464 g/mol. The van der Waals surface area contributed by atoms with Crippen LogP contribution in [-0.4, -0.2) is 29.9 Å². The number of nitrogens with zero attached hydrogens (tertiary/aromatic N) is 2. The van der Waals surface area contributed by atoms with Gasteiger partial charge in [0.15, 0.2) is 0 Å². The van der Waals surface area contributed by atoms with Crippen molar-refractivity contribution in [3.63, 3.8) is 0 Å². The summed E-state index contributed by atoms with van der Waals surface area (Å²) < 4.78 is 0. The molecule has 0 atom stereocenters. The summed E-state index contributed by atoms with van der Waals surface area (Å²) in [6.07, 6.45) is 3.65. The van der Waals surface area contributed by atoms with Gasteiger partial charge in [-0.1, -0.05) is 35.4 Å². The van der Waals surface area contributed by atoms with Crippen LogP contribution in [0, 0.1) is 6.92 Å². The first kappa shape index (κ1) is 22.8. The molecule has 2 aromatic carbocycles. The summed E-state index contributed by atoms with van der Waals surface area (Å²) in [5.74, 6) is -1.43. The van der Waals surface area contributed by atoms with Gasteiger partial charge in [0.1, 0.15) is 5.57 Å². The molecule has 4 amide bonds. The highest BCUT2D eigenvalue weighted by Gasteiger charge is 2.37. The number of likely N-dealkylation sites (N-methyl/N-ethyl adjacent to an activating group) is 1. The van der Waals surface area contributed by atoms with Crippen molar-refractivity contribution in [2.75, 3.05) is 16.3 Å². The first-order valence-electron chi connectivity index (χ1n) is 10.8. The molecule has 1 saturated heterocycles. The number of amides is 4. The molecule has 2 heterocycles. The molecule has 2 aromatic rings. The number of urea groups is 1. The van der Waals surface area contributed by atoms with Crippen LogP contribution in [0.5, 0.6) is 0 Å². The zero-order valence-corrected chi connectivity index (χ0v) is 20.1. The van der Waals surface area contributed by atoms with Crippen LogP contribution in [0.15, 0.2) is 48.0 Å². The minimum Gasteiger partial charge on any atom is -0.363 e. The second kappa shape index (κ2) is 8.19. The summed E-state index contributed by atoms with van der Waals surface area (Å²) in [6, 6.07) is 9.92. The molecule has 0 aliphatic carbocycles. The van der Waals surface area contributed by atoms with E-state index >= 15 is 0 Å². The van der Waals surface area contributed by atoms with Crippen LogP contribution < -0.4 is 15.1 Å². The monoisotopic (exact) mass is 463 g/mol. The molecule has 0 saturated carbocycles. The van der Waals surface area contributed by atoms with E-state index in [9.17, 15) is 14.4 Å². The van der Waals surface area contributed by atoms with E-state index in [0.717, 1.165) is 33.8 Å². The lowest BCUT2D eigenvalue weighted by molar-refractivity contribution is -0.122. The molecule has 4 rings (SSSR count). The lowest BCUT2D eigenvalue weighted by Gasteiger charge is -2.43. The number of hydrogen-bond acceptors (Lipinski definition) is 4. The number of barbiturate groups is 1. The van der Waals surface area contributed by atoms with E-state index in [1.54, 1.807) is 24.3 Å². The molecular weight excluding hydrogens is 438 g/mol. The topological polar surface area (TPSA) is 69.7 Å². The second-order valence-electron chi connectivity index (χ2n) is 8.91. The van der Waals surface area contributed by atoms with Gasteiger partial charge in [0.05, 0.1) is 11.2 Å². The smallest absolute Gasteiger partial charge is 0.335 e. The van der Waals surface area contributed by atoms with Gasteiger partial charge >= 0.3 is 6.03 Å². The highest BCUT2D eigenvalue weighted by atomic mass is 35.5. The standard InChI is InChI=1S/C26H26ClN3O3/c1-6-29-22-13-21(27)17(11-19(22)16(3)14-26(29,4)5)12-20-23(31)28-25(33)30(24(20)32)18-9-7-15(2)8-10-18/h7-14H,6H2,1-5H3,(H,28,31,33)/b20-12-. The Labute approximate surface area is 198 Å². The summed E-state index contributed by atoms with van der Waals surface area (Å²) in [7, 11) is 0. The van der Waals surface area contributed by atoms with Gasteiger partial charge < -0.3 is 4.90 Å². The van der Waals surface area contributed by atoms with Gasteiger partial charge in [0.25, 0.3) is 11.8 Å². The zero-order valence-electron chi connectivity index (χ0n) is 19.3. The molecule has 0 aromatic heterocycles. The van der Waals surface area contributed by atoms with Crippen molar-refractivity contribution in [3.05, 3.63) is 69.8 Å². The number of aryl methyl sites for hydroxylation is 1. The maximum absolute atomic E-state index is 13.2. The fourth-order valence-electron chi connectivity index (χ4n) is 4.54. The molecular formula is C26H26ClN3O3. The fraction of sp³-hybridized carbons (Fsp3) is 0.269. The SMILES string of the molecule is CCN1c2cc(Cl)c(/C=C3/C(=O)NC(=O)N(c4ccc(C)cc4)C3=O)cc2C(C)=CC1(C)C. The molecule has 170 valence electrons. The Morgan fingerprint density at radius 3 is 2.36 bits per heavy atom. The van der Waals surface area contributed by atoms with Gasteiger partial charge in [0.2, 0.25) is 0 Å². The number of benzene rings is 2. The van der Waals surface area contributed by atoms with E-state index in [2.05, 4.69) is 37.1 Å². The number of nitrogens with one attached hydrogen (secondary N) is 1. The van der Waals surface area contributed by atoms with Crippen LogP contribution in [-0.2, 0) is 9.59 Å². The van der Waals surface area contributed by atoms with E-state index in [1.165, 1.54) is 6.08 Å². The first-order chi connectivity index (χ1) is 15.5. The number of rotatable bonds is 3. The van der Waals surface area contributed by atoms with E-state index < -0.39 is 17.8 Å². The van der Waals surface area contributed by atoms with Gasteiger partial charge in [-0.15, -0.1) is 0 Å². The summed E-state index contributed by atoms with van der Waals surface area (Å²) in [4.78, 5) is 41.4.